The number of Topliss-reactive ketones (excluding diaryl/α,β-unsaturated/α-hetero) is 1. The van der Waals surface area contributed by atoms with E-state index >= 15 is 0 Å². The van der Waals surface area contributed by atoms with Crippen LogP contribution in [-0.2, 0) is 9.53 Å². The van der Waals surface area contributed by atoms with E-state index in [0.717, 1.165) is 35.9 Å². The van der Waals surface area contributed by atoms with Crippen molar-refractivity contribution in [1.29, 1.82) is 0 Å². The van der Waals surface area contributed by atoms with Crippen molar-refractivity contribution in [3.05, 3.63) is 65.1 Å². The molecule has 6 rings (SSSR count). The summed E-state index contributed by atoms with van der Waals surface area (Å²) in [5.74, 6) is -0.678. The molecule has 0 radical (unpaired) electrons. The van der Waals surface area contributed by atoms with Crippen molar-refractivity contribution in [1.82, 2.24) is 4.98 Å². The molecule has 0 amide bonds. The quantitative estimate of drug-likeness (QED) is 0.458. The van der Waals surface area contributed by atoms with Crippen LogP contribution in [0.5, 0.6) is 5.75 Å². The number of hydrogen-bond donors (Lipinski definition) is 1. The minimum atomic E-state index is -0.573. The number of aromatic nitrogens is 1. The molecule has 0 aliphatic heterocycles. The molecule has 3 saturated carbocycles. The average molecular weight is 469 g/mol. The van der Waals surface area contributed by atoms with Gasteiger partial charge in [-0.25, -0.2) is 9.18 Å². The first-order chi connectivity index (χ1) is 15.8. The van der Waals surface area contributed by atoms with Crippen LogP contribution in [0.1, 0.15) is 36.0 Å². The second kappa shape index (κ2) is 7.99. The summed E-state index contributed by atoms with van der Waals surface area (Å²) in [5, 5.41) is 4.50. The van der Waals surface area contributed by atoms with E-state index in [1.165, 1.54) is 19.2 Å². The van der Waals surface area contributed by atoms with Crippen LogP contribution in [0.3, 0.4) is 0 Å². The smallest absolute Gasteiger partial charge is 0.337 e. The van der Waals surface area contributed by atoms with Crippen LogP contribution in [0.4, 0.5) is 10.1 Å². The molecule has 6 nitrogen and oxygen atoms in total. The number of pyridine rings is 1. The molecule has 3 fully saturated rings. The van der Waals surface area contributed by atoms with E-state index in [0.29, 0.717) is 12.0 Å². The number of esters is 1. The van der Waals surface area contributed by atoms with Crippen LogP contribution in [0, 0.1) is 11.2 Å². The van der Waals surface area contributed by atoms with Crippen LogP contribution in [0.15, 0.2) is 48.7 Å². The topological polar surface area (TPSA) is 77.5 Å². The molecule has 170 valence electrons. The fourth-order valence-corrected chi connectivity index (χ4v) is 5.42. The summed E-state index contributed by atoms with van der Waals surface area (Å²) in [7, 11) is 1.36. The fourth-order valence-electron chi connectivity index (χ4n) is 5.30. The molecule has 8 heteroatoms. The molecule has 1 N–H and O–H groups in total. The van der Waals surface area contributed by atoms with Crippen molar-refractivity contribution < 1.29 is 23.5 Å². The van der Waals surface area contributed by atoms with Gasteiger partial charge in [0.1, 0.15) is 18.2 Å². The van der Waals surface area contributed by atoms with Gasteiger partial charge in [0.15, 0.2) is 5.78 Å². The number of fused-ring (bicyclic) bond motifs is 1. The van der Waals surface area contributed by atoms with Crippen molar-refractivity contribution in [3.63, 3.8) is 0 Å². The maximum atomic E-state index is 13.5. The highest BCUT2D eigenvalue weighted by molar-refractivity contribution is 6.30. The molecule has 3 aliphatic rings. The Morgan fingerprint density at radius 1 is 1.15 bits per heavy atom. The van der Waals surface area contributed by atoms with E-state index in [1.54, 1.807) is 24.4 Å². The molecule has 0 unspecified atom stereocenters. The Morgan fingerprint density at radius 2 is 1.94 bits per heavy atom. The van der Waals surface area contributed by atoms with Crippen molar-refractivity contribution in [2.45, 2.75) is 31.2 Å². The second-order valence-corrected chi connectivity index (χ2v) is 9.50. The summed E-state index contributed by atoms with van der Waals surface area (Å²) in [6, 6.07) is 11.3. The first-order valence-corrected chi connectivity index (χ1v) is 11.0. The van der Waals surface area contributed by atoms with Gasteiger partial charge in [0.25, 0.3) is 0 Å². The minimum absolute atomic E-state index is 0.00129. The number of rotatable bonds is 8. The van der Waals surface area contributed by atoms with Crippen LogP contribution < -0.4 is 10.1 Å². The molecule has 0 spiro atoms. The number of nitrogens with zero attached hydrogens (tertiary/aromatic N) is 1. The predicted molar refractivity (Wildman–Crippen MR) is 122 cm³/mol. The van der Waals surface area contributed by atoms with Crippen LogP contribution in [0.2, 0.25) is 5.02 Å². The number of benzene rings is 2. The fraction of sp³-hybridized carbons (Fsp3) is 0.320. The van der Waals surface area contributed by atoms with E-state index in [1.807, 2.05) is 12.1 Å². The van der Waals surface area contributed by atoms with Crippen molar-refractivity contribution in [2.75, 3.05) is 19.0 Å². The lowest BCUT2D eigenvalue weighted by Gasteiger charge is -2.71. The Hall–Kier alpha value is -3.19. The molecule has 3 aromatic rings. The molecular weight excluding hydrogens is 447 g/mol. The lowest BCUT2D eigenvalue weighted by atomic mass is 9.38. The third-order valence-corrected chi connectivity index (χ3v) is 6.87. The van der Waals surface area contributed by atoms with E-state index in [-0.39, 0.29) is 34.1 Å². The molecule has 1 heterocycles. The number of ketones is 1. The summed E-state index contributed by atoms with van der Waals surface area (Å²) in [6.45, 7) is -0.0887. The molecule has 3 aliphatic carbocycles. The largest absolute Gasteiger partial charge is 0.486 e. The van der Waals surface area contributed by atoms with Gasteiger partial charge in [-0.15, -0.1) is 0 Å². The molecule has 33 heavy (non-hydrogen) atoms. The molecule has 2 bridgehead atoms. The summed E-state index contributed by atoms with van der Waals surface area (Å²) >= 11 is 5.67. The number of methoxy groups -OCH3 is 1. The van der Waals surface area contributed by atoms with Crippen LogP contribution in [0.25, 0.3) is 10.9 Å². The summed E-state index contributed by atoms with van der Waals surface area (Å²) in [4.78, 5) is 28.8. The monoisotopic (exact) mass is 468 g/mol. The molecule has 0 atom stereocenters. The third kappa shape index (κ3) is 4.02. The maximum absolute atomic E-state index is 13.5. The Labute approximate surface area is 195 Å². The SMILES string of the molecule is COC(=O)c1ccc2nccc(NC34CC(CC(=O)COc5ccc(Cl)c(F)c5)(C3)C4)c2c1. The first-order valence-electron chi connectivity index (χ1n) is 10.7. The molecular formula is C25H22ClFN2O4. The van der Waals surface area contributed by atoms with Gasteiger partial charge in [0.05, 0.1) is 23.2 Å². The highest BCUT2D eigenvalue weighted by atomic mass is 35.5. The number of halogens is 2. The Morgan fingerprint density at radius 3 is 2.67 bits per heavy atom. The number of carbonyl (C=O) groups is 2. The number of hydrogen-bond acceptors (Lipinski definition) is 6. The maximum Gasteiger partial charge on any atom is 0.337 e. The number of anilines is 1. The third-order valence-electron chi connectivity index (χ3n) is 6.57. The zero-order valence-electron chi connectivity index (χ0n) is 18.0. The van der Waals surface area contributed by atoms with Gasteiger partial charge < -0.3 is 14.8 Å². The predicted octanol–water partition coefficient (Wildman–Crippen LogP) is 5.19. The number of ether oxygens (including phenoxy) is 2. The van der Waals surface area contributed by atoms with Crippen molar-refractivity contribution >= 4 is 39.9 Å². The van der Waals surface area contributed by atoms with Gasteiger partial charge in [0.2, 0.25) is 0 Å². The summed E-state index contributed by atoms with van der Waals surface area (Å²) in [6.07, 6.45) is 4.85. The molecule has 0 saturated heterocycles. The zero-order chi connectivity index (χ0) is 23.2. The Bertz CT molecular complexity index is 1260. The zero-order valence-corrected chi connectivity index (χ0v) is 18.7. The van der Waals surface area contributed by atoms with E-state index in [9.17, 15) is 14.0 Å². The van der Waals surface area contributed by atoms with Crippen LogP contribution in [-0.4, -0.2) is 36.0 Å². The van der Waals surface area contributed by atoms with Crippen molar-refractivity contribution in [2.24, 2.45) is 5.41 Å². The standard InChI is InChI=1S/C25H22ClFN2O4/c1-32-23(31)15-2-5-21-18(8-15)22(6-7-28-21)29-25-12-24(13-25,14-25)10-16(30)11-33-17-3-4-19(26)20(27)9-17/h2-9H,10-14H2,1H3,(H,28,29). The van der Waals surface area contributed by atoms with E-state index < -0.39 is 11.8 Å². The minimum Gasteiger partial charge on any atom is -0.486 e. The lowest BCUT2D eigenvalue weighted by molar-refractivity contribution is -0.147. The molecule has 2 aromatic carbocycles. The first kappa shape index (κ1) is 21.6. The Kier molecular flexibility index (Phi) is 5.24. The number of nitrogens with one attached hydrogen (secondary N) is 1. The van der Waals surface area contributed by atoms with Gasteiger partial charge in [-0.3, -0.25) is 9.78 Å². The Balaban J connectivity index is 1.19. The summed E-state index contributed by atoms with van der Waals surface area (Å²) < 4.78 is 23.8. The lowest BCUT2D eigenvalue weighted by Crippen LogP contribution is -2.71. The van der Waals surface area contributed by atoms with Gasteiger partial charge in [-0.1, -0.05) is 11.6 Å². The normalized spacial score (nSPS) is 22.8. The van der Waals surface area contributed by atoms with Gasteiger partial charge in [0, 0.05) is 35.3 Å². The molecule has 1 aromatic heterocycles. The summed E-state index contributed by atoms with van der Waals surface area (Å²) in [5.41, 5.74) is 2.13. The second-order valence-electron chi connectivity index (χ2n) is 9.10. The van der Waals surface area contributed by atoms with E-state index in [2.05, 4.69) is 10.3 Å². The van der Waals surface area contributed by atoms with Crippen molar-refractivity contribution in [3.8, 4) is 5.75 Å². The van der Waals surface area contributed by atoms with Gasteiger partial charge in [-0.2, -0.15) is 0 Å². The van der Waals surface area contributed by atoms with E-state index in [4.69, 9.17) is 21.1 Å². The highest BCUT2D eigenvalue weighted by Crippen LogP contribution is 2.70. The van der Waals surface area contributed by atoms with Gasteiger partial charge >= 0.3 is 5.97 Å². The highest BCUT2D eigenvalue weighted by Gasteiger charge is 2.68. The van der Waals surface area contributed by atoms with Crippen LogP contribution >= 0.6 is 11.6 Å². The van der Waals surface area contributed by atoms with Gasteiger partial charge in [-0.05, 0) is 61.1 Å². The number of carbonyl (C=O) groups excluding carboxylic acids is 2. The average Bonchev–Trinajstić information content (AvgIpc) is 2.77.